The molecule has 2 heterocycles. The van der Waals surface area contributed by atoms with Crippen LogP contribution in [0.5, 0.6) is 0 Å². The largest absolute Gasteiger partial charge is 0.444 e. The number of likely N-dealkylation sites (tertiary alicyclic amines) is 1. The van der Waals surface area contributed by atoms with Crippen molar-refractivity contribution in [3.63, 3.8) is 0 Å². The van der Waals surface area contributed by atoms with Crippen LogP contribution in [0.1, 0.15) is 63.3 Å². The number of halogens is 3. The predicted molar refractivity (Wildman–Crippen MR) is 132 cm³/mol. The molecule has 1 aromatic carbocycles. The first-order chi connectivity index (χ1) is 17.1. The summed E-state index contributed by atoms with van der Waals surface area (Å²) < 4.78 is 44.9. The lowest BCUT2D eigenvalue weighted by Gasteiger charge is -2.38. The monoisotopic (exact) mass is 520 g/mol. The molecule has 0 unspecified atom stereocenters. The van der Waals surface area contributed by atoms with Gasteiger partial charge in [-0.25, -0.2) is 9.78 Å². The first-order valence-electron chi connectivity index (χ1n) is 11.9. The van der Waals surface area contributed by atoms with E-state index in [4.69, 9.17) is 4.74 Å². The number of aromatic nitrogens is 1. The van der Waals surface area contributed by atoms with E-state index in [-0.39, 0.29) is 24.0 Å². The first-order valence-corrected chi connectivity index (χ1v) is 11.9. The summed E-state index contributed by atoms with van der Waals surface area (Å²) in [4.78, 5) is 43.4. The Morgan fingerprint density at radius 1 is 1.08 bits per heavy atom. The van der Waals surface area contributed by atoms with Gasteiger partial charge in [0.05, 0.1) is 23.5 Å². The number of nitrogens with one attached hydrogen (secondary N) is 2. The van der Waals surface area contributed by atoms with Crippen molar-refractivity contribution < 1.29 is 32.3 Å². The average Bonchev–Trinajstić information content (AvgIpc) is 2.78. The van der Waals surface area contributed by atoms with Crippen LogP contribution in [0.4, 0.5) is 29.5 Å². The molecule has 37 heavy (non-hydrogen) atoms. The molecule has 2 N–H and O–H groups in total. The Labute approximate surface area is 213 Å². The van der Waals surface area contributed by atoms with Gasteiger partial charge in [-0.15, -0.1) is 0 Å². The Balaban J connectivity index is 1.74. The number of carbonyl (C=O) groups excluding carboxylic acids is 3. The van der Waals surface area contributed by atoms with Crippen LogP contribution in [-0.2, 0) is 20.5 Å². The van der Waals surface area contributed by atoms with E-state index in [0.29, 0.717) is 24.0 Å². The lowest BCUT2D eigenvalue weighted by atomic mass is 9.89. The van der Waals surface area contributed by atoms with Crippen molar-refractivity contribution in [2.75, 3.05) is 17.2 Å². The van der Waals surface area contributed by atoms with E-state index >= 15 is 0 Å². The summed E-state index contributed by atoms with van der Waals surface area (Å²) in [6.45, 7) is 9.00. The van der Waals surface area contributed by atoms with E-state index in [1.54, 1.807) is 27.7 Å². The molecule has 0 bridgehead atoms. The molecule has 1 fully saturated rings. The molecule has 1 aromatic heterocycles. The third kappa shape index (κ3) is 7.43. The lowest BCUT2D eigenvalue weighted by molar-refractivity contribution is -0.146. The minimum absolute atomic E-state index is 0.0842. The third-order valence-corrected chi connectivity index (χ3v) is 5.83. The van der Waals surface area contributed by atoms with Crippen LogP contribution in [0.2, 0.25) is 0 Å². The number of piperidine rings is 1. The molecule has 3 amide bonds. The molecule has 1 aliphatic heterocycles. The van der Waals surface area contributed by atoms with Crippen molar-refractivity contribution in [3.8, 4) is 0 Å². The van der Waals surface area contributed by atoms with Gasteiger partial charge in [-0.05, 0) is 75.8 Å². The molecular formula is C26H31F3N4O4. The smallest absolute Gasteiger partial charge is 0.416 e. The van der Waals surface area contributed by atoms with E-state index in [2.05, 4.69) is 15.6 Å². The van der Waals surface area contributed by atoms with Crippen molar-refractivity contribution in [2.45, 2.75) is 65.3 Å². The summed E-state index contributed by atoms with van der Waals surface area (Å²) in [5.74, 6) is -1.46. The topological polar surface area (TPSA) is 101 Å². The van der Waals surface area contributed by atoms with Gasteiger partial charge in [0.1, 0.15) is 11.4 Å². The van der Waals surface area contributed by atoms with Gasteiger partial charge in [0.15, 0.2) is 0 Å². The number of rotatable bonds is 3. The van der Waals surface area contributed by atoms with Crippen LogP contribution < -0.4 is 10.6 Å². The normalized spacial score (nSPS) is 18.2. The molecule has 2 aromatic rings. The molecule has 0 radical (unpaired) electrons. The van der Waals surface area contributed by atoms with E-state index in [1.165, 1.54) is 29.3 Å². The Hall–Kier alpha value is -3.63. The number of nitrogens with zero attached hydrogens (tertiary/aromatic N) is 2. The van der Waals surface area contributed by atoms with Crippen LogP contribution in [0.15, 0.2) is 36.5 Å². The van der Waals surface area contributed by atoms with Crippen LogP contribution in [0.3, 0.4) is 0 Å². The molecule has 0 aliphatic carbocycles. The highest BCUT2D eigenvalue weighted by Crippen LogP contribution is 2.37. The fourth-order valence-corrected chi connectivity index (χ4v) is 4.14. The van der Waals surface area contributed by atoms with Gasteiger partial charge in [-0.1, -0.05) is 19.1 Å². The average molecular weight is 521 g/mol. The molecule has 8 nitrogen and oxygen atoms in total. The minimum atomic E-state index is -4.51. The highest BCUT2D eigenvalue weighted by Gasteiger charge is 2.36. The maximum absolute atomic E-state index is 13.2. The molecule has 11 heteroatoms. The second-order valence-corrected chi connectivity index (χ2v) is 10.2. The Bertz CT molecular complexity index is 1180. The molecule has 0 spiro atoms. The third-order valence-electron chi connectivity index (χ3n) is 5.83. The second-order valence-electron chi connectivity index (χ2n) is 10.2. The second kappa shape index (κ2) is 10.8. The summed E-state index contributed by atoms with van der Waals surface area (Å²) in [6.07, 6.45) is -2.77. The van der Waals surface area contributed by atoms with Gasteiger partial charge in [0.25, 0.3) is 0 Å². The summed E-state index contributed by atoms with van der Waals surface area (Å²) in [7, 11) is 0. The Morgan fingerprint density at radius 3 is 2.41 bits per heavy atom. The van der Waals surface area contributed by atoms with E-state index in [1.807, 2.05) is 6.92 Å². The van der Waals surface area contributed by atoms with Crippen molar-refractivity contribution >= 4 is 29.4 Å². The fraction of sp³-hybridized carbons (Fsp3) is 0.462. The van der Waals surface area contributed by atoms with E-state index < -0.39 is 41.3 Å². The van der Waals surface area contributed by atoms with Crippen LogP contribution in [0.25, 0.3) is 0 Å². The van der Waals surface area contributed by atoms with Gasteiger partial charge in [-0.2, -0.15) is 13.2 Å². The highest BCUT2D eigenvalue weighted by atomic mass is 19.4. The summed E-state index contributed by atoms with van der Waals surface area (Å²) in [6, 6.07) is 5.73. The van der Waals surface area contributed by atoms with Gasteiger partial charge >= 0.3 is 24.1 Å². The number of ether oxygens (including phenoxy) is 1. The van der Waals surface area contributed by atoms with E-state index in [0.717, 1.165) is 12.1 Å². The number of amides is 3. The molecule has 3 rings (SSSR count). The zero-order chi connectivity index (χ0) is 27.5. The highest BCUT2D eigenvalue weighted by molar-refractivity contribution is 6.39. The zero-order valence-corrected chi connectivity index (χ0v) is 21.4. The number of hydrogen-bond acceptors (Lipinski definition) is 5. The van der Waals surface area contributed by atoms with Crippen molar-refractivity contribution in [1.29, 1.82) is 0 Å². The van der Waals surface area contributed by atoms with Crippen molar-refractivity contribution in [3.05, 3.63) is 53.2 Å². The molecule has 200 valence electrons. The Morgan fingerprint density at radius 2 is 1.78 bits per heavy atom. The van der Waals surface area contributed by atoms with Crippen LogP contribution in [0, 0.1) is 12.8 Å². The summed E-state index contributed by atoms with van der Waals surface area (Å²) in [5, 5.41) is 5.03. The first kappa shape index (κ1) is 27.9. The van der Waals surface area contributed by atoms with Gasteiger partial charge in [-0.3, -0.25) is 14.9 Å². The maximum Gasteiger partial charge on any atom is 0.416 e. The number of alkyl halides is 3. The minimum Gasteiger partial charge on any atom is -0.444 e. The molecule has 2 atom stereocenters. The van der Waals surface area contributed by atoms with Crippen molar-refractivity contribution in [2.24, 2.45) is 5.92 Å². The number of aryl methyl sites for hydroxylation is 1. The number of hydrogen-bond donors (Lipinski definition) is 2. The summed E-state index contributed by atoms with van der Waals surface area (Å²) >= 11 is 0. The van der Waals surface area contributed by atoms with Crippen molar-refractivity contribution in [1.82, 2.24) is 9.88 Å². The number of anilines is 2. The van der Waals surface area contributed by atoms with Crippen LogP contribution in [-0.4, -0.2) is 39.9 Å². The van der Waals surface area contributed by atoms with Gasteiger partial charge < -0.3 is 15.0 Å². The Kier molecular flexibility index (Phi) is 8.14. The van der Waals surface area contributed by atoms with E-state index in [9.17, 15) is 27.6 Å². The number of benzene rings is 1. The standard InChI is InChI=1S/C26H31F3N4O4/c1-15-9-10-20(17-7-6-8-18(12-17)26(27,28)29)33(14-15)23(35)22(34)31-19-11-16(2)21(30-13-19)32-24(36)37-25(3,4)5/h6-8,11-13,15,20H,9-10,14H2,1-5H3,(H,31,34)(H,30,32,36)/t15-,20+/m0/s1. The number of carbonyl (C=O) groups is 3. The van der Waals surface area contributed by atoms with Gasteiger partial charge in [0, 0.05) is 6.54 Å². The molecule has 0 saturated carbocycles. The molecule has 1 saturated heterocycles. The lowest BCUT2D eigenvalue weighted by Crippen LogP contribution is -2.46. The molecule has 1 aliphatic rings. The summed E-state index contributed by atoms with van der Waals surface area (Å²) in [5.41, 5.74) is -0.416. The quantitative estimate of drug-likeness (QED) is 0.506. The van der Waals surface area contributed by atoms with Crippen LogP contribution >= 0.6 is 0 Å². The van der Waals surface area contributed by atoms with Gasteiger partial charge in [0.2, 0.25) is 0 Å². The maximum atomic E-state index is 13.2. The molecular weight excluding hydrogens is 489 g/mol. The fourth-order valence-electron chi connectivity index (χ4n) is 4.14. The predicted octanol–water partition coefficient (Wildman–Crippen LogP) is 5.69. The SMILES string of the molecule is Cc1cc(NC(=O)C(=O)N2C[C@@H](C)CC[C@@H]2c2cccc(C(F)(F)F)c2)cnc1NC(=O)OC(C)(C)C. The number of pyridine rings is 1. The zero-order valence-electron chi connectivity index (χ0n) is 21.4.